The highest BCUT2D eigenvalue weighted by Crippen LogP contribution is 2.28. The molecule has 2 aliphatic heterocycles. The molecule has 132 valence electrons. The summed E-state index contributed by atoms with van der Waals surface area (Å²) < 4.78 is 0. The van der Waals surface area contributed by atoms with Crippen LogP contribution in [0.25, 0.3) is 11.1 Å². The Morgan fingerprint density at radius 3 is 2.81 bits per heavy atom. The number of rotatable bonds is 3. The maximum atomic E-state index is 9.74. The molecule has 0 spiro atoms. The lowest BCUT2D eigenvalue weighted by Crippen LogP contribution is -2.43. The first-order valence-corrected chi connectivity index (χ1v) is 9.03. The minimum absolute atomic E-state index is 0.0963. The van der Waals surface area contributed by atoms with Crippen molar-refractivity contribution in [3.63, 3.8) is 0 Å². The van der Waals surface area contributed by atoms with E-state index in [0.29, 0.717) is 6.54 Å². The van der Waals surface area contributed by atoms with Gasteiger partial charge < -0.3 is 20.6 Å². The zero-order valence-electron chi connectivity index (χ0n) is 14.9. The van der Waals surface area contributed by atoms with Crippen LogP contribution in [0.3, 0.4) is 0 Å². The van der Waals surface area contributed by atoms with E-state index < -0.39 is 6.10 Å². The van der Waals surface area contributed by atoms with Gasteiger partial charge in [-0.3, -0.25) is 0 Å². The third-order valence-electron chi connectivity index (χ3n) is 4.87. The third kappa shape index (κ3) is 3.40. The van der Waals surface area contributed by atoms with Crippen LogP contribution in [-0.4, -0.2) is 35.4 Å². The molecule has 3 N–H and O–H groups in total. The number of anilines is 1. The van der Waals surface area contributed by atoms with Crippen molar-refractivity contribution in [3.05, 3.63) is 66.0 Å². The summed E-state index contributed by atoms with van der Waals surface area (Å²) in [7, 11) is 0. The van der Waals surface area contributed by atoms with E-state index in [9.17, 15) is 5.11 Å². The SMILES string of the molecule is CC(O)C1NC=CN1CC#Cc1ccc(-c2ccc3c(c2)CCN3)cc1. The molecule has 4 rings (SSSR count). The van der Waals surface area contributed by atoms with Crippen LogP contribution in [0.5, 0.6) is 0 Å². The van der Waals surface area contributed by atoms with Crippen molar-refractivity contribution in [2.24, 2.45) is 0 Å². The van der Waals surface area contributed by atoms with Crippen LogP contribution >= 0.6 is 0 Å². The summed E-state index contributed by atoms with van der Waals surface area (Å²) in [5.74, 6) is 6.39. The van der Waals surface area contributed by atoms with Gasteiger partial charge in [0.05, 0.1) is 12.6 Å². The largest absolute Gasteiger partial charge is 0.389 e. The Hall–Kier alpha value is -2.90. The van der Waals surface area contributed by atoms with Crippen LogP contribution in [-0.2, 0) is 6.42 Å². The Morgan fingerprint density at radius 1 is 1.19 bits per heavy atom. The number of benzene rings is 2. The molecular formula is C22H23N3O. The quantitative estimate of drug-likeness (QED) is 0.749. The molecule has 2 aliphatic rings. The number of aliphatic hydroxyl groups is 1. The maximum Gasteiger partial charge on any atom is 0.125 e. The summed E-state index contributed by atoms with van der Waals surface area (Å²) in [6.07, 6.45) is 4.33. The van der Waals surface area contributed by atoms with Crippen molar-refractivity contribution in [1.82, 2.24) is 10.2 Å². The van der Waals surface area contributed by atoms with Crippen LogP contribution < -0.4 is 10.6 Å². The van der Waals surface area contributed by atoms with E-state index in [1.165, 1.54) is 22.4 Å². The van der Waals surface area contributed by atoms with Gasteiger partial charge in [-0.05, 0) is 54.3 Å². The standard InChI is InChI=1S/C22H23N3O/c1-16(26)22-24-12-14-25(22)13-2-3-17-4-6-18(7-5-17)19-8-9-21-20(15-19)10-11-23-21/h4-9,12,14-16,22-24,26H,10-11,13H2,1H3. The van der Waals surface area contributed by atoms with Gasteiger partial charge in [0.15, 0.2) is 0 Å². The van der Waals surface area contributed by atoms with E-state index in [2.05, 4.69) is 64.9 Å². The molecule has 0 fully saturated rings. The Labute approximate surface area is 154 Å². The fraction of sp³-hybridized carbons (Fsp3) is 0.273. The molecule has 2 aromatic carbocycles. The first-order chi connectivity index (χ1) is 12.7. The van der Waals surface area contributed by atoms with Gasteiger partial charge in [0.2, 0.25) is 0 Å². The molecule has 0 bridgehead atoms. The number of hydrogen-bond acceptors (Lipinski definition) is 4. The van der Waals surface area contributed by atoms with Gasteiger partial charge in [-0.15, -0.1) is 0 Å². The molecule has 0 saturated carbocycles. The molecule has 0 amide bonds. The second kappa shape index (κ2) is 7.15. The van der Waals surface area contributed by atoms with Crippen LogP contribution in [0.15, 0.2) is 54.9 Å². The summed E-state index contributed by atoms with van der Waals surface area (Å²) in [5.41, 5.74) is 6.12. The molecule has 4 heteroatoms. The summed E-state index contributed by atoms with van der Waals surface area (Å²) in [4.78, 5) is 2.00. The summed E-state index contributed by atoms with van der Waals surface area (Å²) in [6, 6.07) is 15.0. The molecule has 4 nitrogen and oxygen atoms in total. The molecule has 26 heavy (non-hydrogen) atoms. The van der Waals surface area contributed by atoms with Crippen LogP contribution in [0.4, 0.5) is 5.69 Å². The first-order valence-electron chi connectivity index (χ1n) is 9.03. The molecule has 2 aromatic rings. The van der Waals surface area contributed by atoms with Crippen molar-refractivity contribution in [3.8, 4) is 23.0 Å². The number of fused-ring (bicyclic) bond motifs is 1. The Balaban J connectivity index is 1.43. The van der Waals surface area contributed by atoms with Gasteiger partial charge in [0, 0.05) is 30.2 Å². The van der Waals surface area contributed by atoms with Gasteiger partial charge in [-0.2, -0.15) is 0 Å². The smallest absolute Gasteiger partial charge is 0.125 e. The second-order valence-electron chi connectivity index (χ2n) is 6.77. The van der Waals surface area contributed by atoms with Crippen molar-refractivity contribution < 1.29 is 5.11 Å². The lowest BCUT2D eigenvalue weighted by atomic mass is 10.0. The van der Waals surface area contributed by atoms with Crippen LogP contribution in [0.2, 0.25) is 0 Å². The molecule has 2 atom stereocenters. The predicted molar refractivity (Wildman–Crippen MR) is 105 cm³/mol. The normalized spacial score (nSPS) is 18.5. The highest BCUT2D eigenvalue weighted by atomic mass is 16.3. The zero-order valence-corrected chi connectivity index (χ0v) is 14.9. The monoisotopic (exact) mass is 345 g/mol. The fourth-order valence-electron chi connectivity index (χ4n) is 3.46. The predicted octanol–water partition coefficient (Wildman–Crippen LogP) is 2.76. The molecular weight excluding hydrogens is 322 g/mol. The van der Waals surface area contributed by atoms with E-state index in [4.69, 9.17) is 0 Å². The Bertz CT molecular complexity index is 874. The van der Waals surface area contributed by atoms with Gasteiger partial charge >= 0.3 is 0 Å². The van der Waals surface area contributed by atoms with E-state index in [1.807, 2.05) is 17.3 Å². The van der Waals surface area contributed by atoms with E-state index in [-0.39, 0.29) is 6.17 Å². The average Bonchev–Trinajstić information content (AvgIpc) is 3.31. The van der Waals surface area contributed by atoms with Gasteiger partial charge in [-0.25, -0.2) is 0 Å². The van der Waals surface area contributed by atoms with Crippen LogP contribution in [0, 0.1) is 11.8 Å². The minimum atomic E-state index is -0.450. The number of hydrogen-bond donors (Lipinski definition) is 3. The topological polar surface area (TPSA) is 47.5 Å². The van der Waals surface area contributed by atoms with Gasteiger partial charge in [-0.1, -0.05) is 30.0 Å². The number of aliphatic hydroxyl groups excluding tert-OH is 1. The molecule has 0 saturated heterocycles. The fourth-order valence-corrected chi connectivity index (χ4v) is 3.46. The molecule has 0 radical (unpaired) electrons. The van der Waals surface area contributed by atoms with Crippen molar-refractivity contribution >= 4 is 5.69 Å². The molecule has 0 aliphatic carbocycles. The van der Waals surface area contributed by atoms with E-state index in [0.717, 1.165) is 18.5 Å². The molecule has 2 heterocycles. The lowest BCUT2D eigenvalue weighted by molar-refractivity contribution is 0.0928. The summed E-state index contributed by atoms with van der Waals surface area (Å²) in [6.45, 7) is 3.39. The van der Waals surface area contributed by atoms with Crippen molar-refractivity contribution in [1.29, 1.82) is 0 Å². The lowest BCUT2D eigenvalue weighted by Gasteiger charge is -2.25. The molecule has 0 aromatic heterocycles. The van der Waals surface area contributed by atoms with E-state index in [1.54, 1.807) is 6.92 Å². The van der Waals surface area contributed by atoms with Gasteiger partial charge in [0.25, 0.3) is 0 Å². The highest BCUT2D eigenvalue weighted by molar-refractivity contribution is 5.70. The minimum Gasteiger partial charge on any atom is -0.389 e. The van der Waals surface area contributed by atoms with E-state index >= 15 is 0 Å². The zero-order chi connectivity index (χ0) is 17.9. The van der Waals surface area contributed by atoms with Gasteiger partial charge in [0.1, 0.15) is 6.17 Å². The maximum absolute atomic E-state index is 9.74. The Kier molecular flexibility index (Phi) is 4.55. The first kappa shape index (κ1) is 16.6. The average molecular weight is 345 g/mol. The highest BCUT2D eigenvalue weighted by Gasteiger charge is 2.21. The Morgan fingerprint density at radius 2 is 2.00 bits per heavy atom. The third-order valence-corrected chi connectivity index (χ3v) is 4.87. The number of nitrogens with one attached hydrogen (secondary N) is 2. The van der Waals surface area contributed by atoms with Crippen LogP contribution in [0.1, 0.15) is 18.1 Å². The molecule has 2 unspecified atom stereocenters. The summed E-state index contributed by atoms with van der Waals surface area (Å²) >= 11 is 0. The number of nitrogens with zero attached hydrogens (tertiary/aromatic N) is 1. The second-order valence-corrected chi connectivity index (χ2v) is 6.77. The van der Waals surface area contributed by atoms with Crippen molar-refractivity contribution in [2.75, 3.05) is 18.4 Å². The summed E-state index contributed by atoms with van der Waals surface area (Å²) in [5, 5.41) is 16.3. The van der Waals surface area contributed by atoms with Crippen molar-refractivity contribution in [2.45, 2.75) is 25.6 Å².